The minimum Gasteiger partial charge on any atom is -0.480 e. The molecule has 0 aromatic heterocycles. The molecule has 1 atom stereocenters. The first-order chi connectivity index (χ1) is 5.22. The molecule has 0 aliphatic heterocycles. The van der Waals surface area contributed by atoms with Crippen molar-refractivity contribution in [2.24, 2.45) is 0 Å². The van der Waals surface area contributed by atoms with Crippen molar-refractivity contribution in [1.82, 2.24) is 5.32 Å². The van der Waals surface area contributed by atoms with Crippen LogP contribution in [0.15, 0.2) is 0 Å². The third-order valence-corrected chi connectivity index (χ3v) is 1.36. The fraction of sp³-hybridized carbons (Fsp3) is 0.857. The van der Waals surface area contributed by atoms with E-state index in [1.165, 1.54) is 0 Å². The monoisotopic (exact) mass is 220 g/mol. The third kappa shape index (κ3) is 6.60. The number of aliphatic carboxylic acids is 1. The van der Waals surface area contributed by atoms with Gasteiger partial charge in [-0.2, -0.15) is 0 Å². The van der Waals surface area contributed by atoms with Gasteiger partial charge in [0.2, 0.25) is 0 Å². The fourth-order valence-corrected chi connectivity index (χ4v) is 0.761. The molecular formula is C7H15CoNO3. The Bertz CT molecular complexity index is 121. The predicted molar refractivity (Wildman–Crippen MR) is 41.4 cm³/mol. The SMILES string of the molecule is CCCN[C@@H](CCO)C(=O)O.[Co]. The molecule has 0 aromatic carbocycles. The third-order valence-electron chi connectivity index (χ3n) is 1.36. The van der Waals surface area contributed by atoms with Gasteiger partial charge in [-0.3, -0.25) is 4.79 Å². The summed E-state index contributed by atoms with van der Waals surface area (Å²) < 4.78 is 0. The Kier molecular flexibility index (Phi) is 10.8. The maximum Gasteiger partial charge on any atom is 0.320 e. The summed E-state index contributed by atoms with van der Waals surface area (Å²) in [7, 11) is 0. The van der Waals surface area contributed by atoms with Crippen LogP contribution in [0, 0.1) is 0 Å². The Labute approximate surface area is 82.5 Å². The normalized spacial score (nSPS) is 11.8. The Hall–Kier alpha value is -0.104. The van der Waals surface area contributed by atoms with Crippen LogP contribution in [0.4, 0.5) is 0 Å². The standard InChI is InChI=1S/C7H15NO3.Co/c1-2-4-8-6(3-5-9)7(10)11;/h6,8-9H,2-5H2,1H3,(H,10,11);/t6-;/m0./s1. The van der Waals surface area contributed by atoms with Gasteiger partial charge in [0.15, 0.2) is 0 Å². The second-order valence-electron chi connectivity index (χ2n) is 2.36. The van der Waals surface area contributed by atoms with Gasteiger partial charge >= 0.3 is 5.97 Å². The Morgan fingerprint density at radius 3 is 2.50 bits per heavy atom. The number of aliphatic hydroxyl groups excluding tert-OH is 1. The molecule has 0 saturated carbocycles. The Balaban J connectivity index is 0. The number of aliphatic hydroxyl groups is 1. The molecule has 5 heteroatoms. The van der Waals surface area contributed by atoms with Crippen LogP contribution in [0.2, 0.25) is 0 Å². The summed E-state index contributed by atoms with van der Waals surface area (Å²) in [6, 6.07) is -0.597. The smallest absolute Gasteiger partial charge is 0.320 e. The van der Waals surface area contributed by atoms with Gasteiger partial charge < -0.3 is 15.5 Å². The summed E-state index contributed by atoms with van der Waals surface area (Å²) in [6.07, 6.45) is 1.17. The van der Waals surface area contributed by atoms with Crippen molar-refractivity contribution >= 4 is 5.97 Å². The molecule has 0 aromatic rings. The zero-order valence-electron chi connectivity index (χ0n) is 7.04. The van der Waals surface area contributed by atoms with Gasteiger partial charge in [-0.25, -0.2) is 0 Å². The first kappa shape index (κ1) is 14.4. The van der Waals surface area contributed by atoms with Crippen molar-refractivity contribution in [3.8, 4) is 0 Å². The average molecular weight is 220 g/mol. The second-order valence-corrected chi connectivity index (χ2v) is 2.36. The molecule has 0 aliphatic carbocycles. The number of hydrogen-bond donors (Lipinski definition) is 3. The molecule has 12 heavy (non-hydrogen) atoms. The molecule has 0 saturated heterocycles. The van der Waals surface area contributed by atoms with E-state index in [0.29, 0.717) is 6.54 Å². The van der Waals surface area contributed by atoms with Crippen molar-refractivity contribution in [2.45, 2.75) is 25.8 Å². The van der Waals surface area contributed by atoms with Crippen LogP contribution in [0.25, 0.3) is 0 Å². The van der Waals surface area contributed by atoms with E-state index in [2.05, 4.69) is 5.32 Å². The zero-order valence-corrected chi connectivity index (χ0v) is 8.08. The van der Waals surface area contributed by atoms with Crippen molar-refractivity contribution in [3.63, 3.8) is 0 Å². The quantitative estimate of drug-likeness (QED) is 0.580. The van der Waals surface area contributed by atoms with Crippen LogP contribution >= 0.6 is 0 Å². The van der Waals surface area contributed by atoms with E-state index < -0.39 is 12.0 Å². The maximum atomic E-state index is 10.4. The molecule has 0 unspecified atom stereocenters. The van der Waals surface area contributed by atoms with Crippen molar-refractivity contribution in [2.75, 3.05) is 13.2 Å². The van der Waals surface area contributed by atoms with E-state index >= 15 is 0 Å². The van der Waals surface area contributed by atoms with Crippen LogP contribution < -0.4 is 5.32 Å². The number of hydrogen-bond acceptors (Lipinski definition) is 3. The fourth-order valence-electron chi connectivity index (χ4n) is 0.761. The van der Waals surface area contributed by atoms with E-state index in [9.17, 15) is 4.79 Å². The minimum absolute atomic E-state index is 0. The molecule has 3 N–H and O–H groups in total. The van der Waals surface area contributed by atoms with Crippen LogP contribution in [0.1, 0.15) is 19.8 Å². The summed E-state index contributed by atoms with van der Waals surface area (Å²) in [6.45, 7) is 2.55. The Morgan fingerprint density at radius 2 is 2.17 bits per heavy atom. The molecule has 0 heterocycles. The largest absolute Gasteiger partial charge is 0.480 e. The molecule has 0 spiro atoms. The molecular weight excluding hydrogens is 205 g/mol. The summed E-state index contributed by atoms with van der Waals surface area (Å²) in [5.74, 6) is -0.896. The average Bonchev–Trinajstić information content (AvgIpc) is 1.97. The summed E-state index contributed by atoms with van der Waals surface area (Å²) >= 11 is 0. The molecule has 4 nitrogen and oxygen atoms in total. The summed E-state index contributed by atoms with van der Waals surface area (Å²) in [5.41, 5.74) is 0. The molecule has 75 valence electrons. The van der Waals surface area contributed by atoms with Gasteiger partial charge in [-0.1, -0.05) is 6.92 Å². The second kappa shape index (κ2) is 8.99. The maximum absolute atomic E-state index is 10.4. The number of nitrogens with one attached hydrogen (secondary N) is 1. The summed E-state index contributed by atoms with van der Waals surface area (Å²) in [4.78, 5) is 10.4. The number of rotatable bonds is 6. The van der Waals surface area contributed by atoms with E-state index in [4.69, 9.17) is 10.2 Å². The van der Waals surface area contributed by atoms with E-state index in [-0.39, 0.29) is 29.8 Å². The van der Waals surface area contributed by atoms with Gasteiger partial charge in [0.25, 0.3) is 0 Å². The van der Waals surface area contributed by atoms with Gasteiger partial charge in [0, 0.05) is 23.4 Å². The van der Waals surface area contributed by atoms with Crippen molar-refractivity contribution in [3.05, 3.63) is 0 Å². The van der Waals surface area contributed by atoms with Crippen LogP contribution in [-0.2, 0) is 21.6 Å². The van der Waals surface area contributed by atoms with Crippen molar-refractivity contribution in [1.29, 1.82) is 0 Å². The molecule has 0 aliphatic rings. The van der Waals surface area contributed by atoms with Gasteiger partial charge in [0.05, 0.1) is 0 Å². The zero-order chi connectivity index (χ0) is 8.69. The number of carboxylic acid groups (broad SMARTS) is 1. The topological polar surface area (TPSA) is 69.6 Å². The predicted octanol–water partition coefficient (Wildman–Crippen LogP) is -0.181. The molecule has 0 rings (SSSR count). The first-order valence-corrected chi connectivity index (χ1v) is 3.79. The molecule has 0 bridgehead atoms. The van der Waals surface area contributed by atoms with Crippen LogP contribution in [0.3, 0.4) is 0 Å². The van der Waals surface area contributed by atoms with Crippen LogP contribution in [0.5, 0.6) is 0 Å². The van der Waals surface area contributed by atoms with Gasteiger partial charge in [0.1, 0.15) is 6.04 Å². The number of carboxylic acids is 1. The molecule has 0 amide bonds. The van der Waals surface area contributed by atoms with Gasteiger partial charge in [-0.05, 0) is 19.4 Å². The molecule has 1 radical (unpaired) electrons. The van der Waals surface area contributed by atoms with E-state index in [1.54, 1.807) is 0 Å². The van der Waals surface area contributed by atoms with Crippen LogP contribution in [-0.4, -0.2) is 35.4 Å². The molecule has 0 fully saturated rings. The van der Waals surface area contributed by atoms with E-state index in [0.717, 1.165) is 6.42 Å². The number of carbonyl (C=O) groups is 1. The minimum atomic E-state index is -0.896. The van der Waals surface area contributed by atoms with Crippen molar-refractivity contribution < 1.29 is 31.8 Å². The van der Waals surface area contributed by atoms with Gasteiger partial charge in [-0.15, -0.1) is 0 Å². The first-order valence-electron chi connectivity index (χ1n) is 3.79. The summed E-state index contributed by atoms with van der Waals surface area (Å²) in [5, 5.41) is 19.8. The van der Waals surface area contributed by atoms with E-state index in [1.807, 2.05) is 6.92 Å². The Morgan fingerprint density at radius 1 is 1.58 bits per heavy atom.